The Labute approximate surface area is 75.2 Å². The smallest absolute Gasteiger partial charge is 0.161 e. The normalized spacial score (nSPS) is 9.56. The Bertz CT molecular complexity index is 233. The predicted octanol–water partition coefficient (Wildman–Crippen LogP) is 2.82. The maximum absolute atomic E-state index is 10.2. The first-order valence-electron chi connectivity index (χ1n) is 2.14. The van der Waals surface area contributed by atoms with Gasteiger partial charge in [0.15, 0.2) is 6.29 Å². The fourth-order valence-electron chi connectivity index (χ4n) is 0.434. The first-order chi connectivity index (χ1) is 4.24. The molecule has 0 aliphatic heterocycles. The molecule has 1 aromatic rings. The Morgan fingerprint density at radius 1 is 1.78 bits per heavy atom. The molecule has 48 valence electrons. The highest BCUT2D eigenvalue weighted by atomic mass is 127. The Kier molecular flexibility index (Phi) is 2.49. The van der Waals surface area contributed by atoms with Crippen molar-refractivity contribution in [3.63, 3.8) is 0 Å². The lowest BCUT2D eigenvalue weighted by atomic mass is 10.5. The second-order valence-corrected chi connectivity index (χ2v) is 4.26. The van der Waals surface area contributed by atoms with Crippen molar-refractivity contribution < 1.29 is 4.79 Å². The molecule has 0 radical (unpaired) electrons. The number of halogens is 2. The second kappa shape index (κ2) is 2.98. The third kappa shape index (κ3) is 1.65. The molecule has 0 spiro atoms. The summed E-state index contributed by atoms with van der Waals surface area (Å²) >= 11 is 8.98. The first-order valence-corrected chi connectivity index (χ1v) is 4.41. The Morgan fingerprint density at radius 2 is 2.44 bits per heavy atom. The van der Waals surface area contributed by atoms with E-state index < -0.39 is 0 Å². The van der Waals surface area contributed by atoms with Gasteiger partial charge in [-0.3, -0.25) is 4.79 Å². The summed E-state index contributed by atoms with van der Waals surface area (Å²) in [7, 11) is 0. The number of thiophene rings is 1. The molecule has 0 amide bonds. The zero-order chi connectivity index (χ0) is 6.85. The van der Waals surface area contributed by atoms with Crippen LogP contribution in [0.1, 0.15) is 9.67 Å². The Hall–Kier alpha value is 0.390. The SMILES string of the molecule is O=Cc1sc(Cl)cc1I. The first kappa shape index (κ1) is 7.50. The van der Waals surface area contributed by atoms with E-state index in [0.717, 1.165) is 9.86 Å². The van der Waals surface area contributed by atoms with Gasteiger partial charge in [-0.15, -0.1) is 11.3 Å². The van der Waals surface area contributed by atoms with E-state index in [1.165, 1.54) is 11.3 Å². The van der Waals surface area contributed by atoms with E-state index in [9.17, 15) is 4.79 Å². The summed E-state index contributed by atoms with van der Waals surface area (Å²) in [6.07, 6.45) is 0.818. The second-order valence-electron chi connectivity index (χ2n) is 1.38. The number of carbonyl (C=O) groups is 1. The van der Waals surface area contributed by atoms with Crippen LogP contribution in [0.4, 0.5) is 0 Å². The lowest BCUT2D eigenvalue weighted by Crippen LogP contribution is -1.71. The Balaban J connectivity index is 3.15. The molecule has 1 aromatic heterocycles. The molecular formula is C5H2ClIOS. The van der Waals surface area contributed by atoms with Gasteiger partial charge in [0.2, 0.25) is 0 Å². The molecule has 0 unspecified atom stereocenters. The van der Waals surface area contributed by atoms with Crippen molar-refractivity contribution in [2.75, 3.05) is 0 Å². The third-order valence-corrected chi connectivity index (χ3v) is 3.24. The van der Waals surface area contributed by atoms with Crippen molar-refractivity contribution in [2.24, 2.45) is 0 Å². The monoisotopic (exact) mass is 272 g/mol. The van der Waals surface area contributed by atoms with Crippen LogP contribution in [-0.4, -0.2) is 6.29 Å². The standard InChI is InChI=1S/C5H2ClIOS/c6-5-1-3(7)4(2-8)9-5/h1-2H. The van der Waals surface area contributed by atoms with E-state index >= 15 is 0 Å². The van der Waals surface area contributed by atoms with Gasteiger partial charge in [-0.2, -0.15) is 0 Å². The van der Waals surface area contributed by atoms with Gasteiger partial charge in [0, 0.05) is 3.57 Å². The summed E-state index contributed by atoms with van der Waals surface area (Å²) in [6, 6.07) is 1.77. The van der Waals surface area contributed by atoms with E-state index in [4.69, 9.17) is 11.6 Å². The van der Waals surface area contributed by atoms with Gasteiger partial charge in [0.25, 0.3) is 0 Å². The van der Waals surface area contributed by atoms with E-state index in [0.29, 0.717) is 9.21 Å². The van der Waals surface area contributed by atoms with Crippen LogP contribution in [0.15, 0.2) is 6.07 Å². The van der Waals surface area contributed by atoms with Crippen molar-refractivity contribution in [3.05, 3.63) is 18.9 Å². The molecule has 1 nitrogen and oxygen atoms in total. The summed E-state index contributed by atoms with van der Waals surface area (Å²) in [4.78, 5) is 10.9. The molecule has 0 saturated heterocycles. The summed E-state index contributed by atoms with van der Waals surface area (Å²) in [5.41, 5.74) is 0. The lowest BCUT2D eigenvalue weighted by molar-refractivity contribution is 0.112. The van der Waals surface area contributed by atoms with E-state index in [2.05, 4.69) is 22.6 Å². The molecule has 1 rings (SSSR count). The van der Waals surface area contributed by atoms with Crippen LogP contribution in [0, 0.1) is 3.57 Å². The molecule has 0 bridgehead atoms. The van der Waals surface area contributed by atoms with Crippen LogP contribution in [-0.2, 0) is 0 Å². The molecule has 0 aliphatic carbocycles. The molecule has 9 heavy (non-hydrogen) atoms. The van der Waals surface area contributed by atoms with Crippen LogP contribution < -0.4 is 0 Å². The van der Waals surface area contributed by atoms with Gasteiger partial charge in [-0.05, 0) is 28.7 Å². The summed E-state index contributed by atoms with van der Waals surface area (Å²) in [6.45, 7) is 0. The fraction of sp³-hybridized carbons (Fsp3) is 0. The quantitative estimate of drug-likeness (QED) is 0.567. The highest BCUT2D eigenvalue weighted by molar-refractivity contribution is 14.1. The lowest BCUT2D eigenvalue weighted by Gasteiger charge is -1.76. The fourth-order valence-corrected chi connectivity index (χ4v) is 2.55. The van der Waals surface area contributed by atoms with Gasteiger partial charge in [0.1, 0.15) is 0 Å². The third-order valence-electron chi connectivity index (χ3n) is 0.790. The minimum atomic E-state index is 0.668. The van der Waals surface area contributed by atoms with Crippen molar-refractivity contribution in [1.29, 1.82) is 0 Å². The van der Waals surface area contributed by atoms with Gasteiger partial charge in [-0.25, -0.2) is 0 Å². The molecule has 4 heteroatoms. The minimum Gasteiger partial charge on any atom is -0.297 e. The highest BCUT2D eigenvalue weighted by Gasteiger charge is 2.01. The number of rotatable bonds is 1. The number of hydrogen-bond donors (Lipinski definition) is 0. The average molecular weight is 272 g/mol. The van der Waals surface area contributed by atoms with Crippen LogP contribution >= 0.6 is 45.5 Å². The Morgan fingerprint density at radius 3 is 2.67 bits per heavy atom. The van der Waals surface area contributed by atoms with Crippen LogP contribution in [0.5, 0.6) is 0 Å². The largest absolute Gasteiger partial charge is 0.297 e. The molecule has 0 fully saturated rings. The highest BCUT2D eigenvalue weighted by Crippen LogP contribution is 2.25. The van der Waals surface area contributed by atoms with Gasteiger partial charge >= 0.3 is 0 Å². The number of carbonyl (C=O) groups excluding carboxylic acids is 1. The predicted molar refractivity (Wildman–Crippen MR) is 47.4 cm³/mol. The summed E-state index contributed by atoms with van der Waals surface area (Å²) in [5.74, 6) is 0. The van der Waals surface area contributed by atoms with E-state index in [1.54, 1.807) is 6.07 Å². The van der Waals surface area contributed by atoms with E-state index in [1.807, 2.05) is 0 Å². The minimum absolute atomic E-state index is 0.668. The van der Waals surface area contributed by atoms with Gasteiger partial charge in [0.05, 0.1) is 9.21 Å². The molecule has 0 N–H and O–H groups in total. The molecule has 0 saturated carbocycles. The zero-order valence-corrected chi connectivity index (χ0v) is 7.96. The topological polar surface area (TPSA) is 17.1 Å². The van der Waals surface area contributed by atoms with Crippen molar-refractivity contribution in [3.8, 4) is 0 Å². The van der Waals surface area contributed by atoms with Crippen LogP contribution in [0.3, 0.4) is 0 Å². The van der Waals surface area contributed by atoms with Gasteiger partial charge < -0.3 is 0 Å². The van der Waals surface area contributed by atoms with Crippen LogP contribution in [0.2, 0.25) is 4.34 Å². The maximum Gasteiger partial charge on any atom is 0.161 e. The molecule has 0 atom stereocenters. The maximum atomic E-state index is 10.2. The molecule has 1 heterocycles. The van der Waals surface area contributed by atoms with E-state index in [-0.39, 0.29) is 0 Å². The number of aldehydes is 1. The van der Waals surface area contributed by atoms with Crippen LogP contribution in [0.25, 0.3) is 0 Å². The molecule has 0 aromatic carbocycles. The van der Waals surface area contributed by atoms with Crippen molar-refractivity contribution >= 4 is 51.8 Å². The molecular weight excluding hydrogens is 270 g/mol. The zero-order valence-electron chi connectivity index (χ0n) is 4.23. The number of hydrogen-bond acceptors (Lipinski definition) is 2. The van der Waals surface area contributed by atoms with Gasteiger partial charge in [-0.1, -0.05) is 11.6 Å². The molecule has 0 aliphatic rings. The average Bonchev–Trinajstić information content (AvgIpc) is 2.10. The summed E-state index contributed by atoms with van der Waals surface area (Å²) < 4.78 is 1.60. The summed E-state index contributed by atoms with van der Waals surface area (Å²) in [5, 5.41) is 0. The van der Waals surface area contributed by atoms with Crippen molar-refractivity contribution in [2.45, 2.75) is 0 Å². The van der Waals surface area contributed by atoms with Crippen molar-refractivity contribution in [1.82, 2.24) is 0 Å².